The fourth-order valence-electron chi connectivity index (χ4n) is 2.13. The van der Waals surface area contributed by atoms with Crippen LogP contribution in [0.3, 0.4) is 0 Å². The van der Waals surface area contributed by atoms with E-state index >= 15 is 0 Å². The number of carbonyl (C=O) groups excluding carboxylic acids is 2. The van der Waals surface area contributed by atoms with Gasteiger partial charge >= 0.3 is 12.0 Å². The third-order valence-corrected chi connectivity index (χ3v) is 3.38. The van der Waals surface area contributed by atoms with Gasteiger partial charge in [0.15, 0.2) is 0 Å². The topological polar surface area (TPSA) is 108 Å². The number of urea groups is 1. The van der Waals surface area contributed by atoms with E-state index in [0.717, 1.165) is 6.42 Å². The molecule has 0 aromatic carbocycles. The van der Waals surface area contributed by atoms with Crippen LogP contribution in [-0.4, -0.2) is 66.8 Å². The summed E-state index contributed by atoms with van der Waals surface area (Å²) >= 11 is 0. The maximum Gasteiger partial charge on any atom is 0.326 e. The van der Waals surface area contributed by atoms with Gasteiger partial charge in [-0.05, 0) is 6.42 Å². The first-order valence-corrected chi connectivity index (χ1v) is 7.10. The zero-order chi connectivity index (χ0) is 15.8. The Hall–Kier alpha value is -1.83. The zero-order valence-corrected chi connectivity index (χ0v) is 12.4. The summed E-state index contributed by atoms with van der Waals surface area (Å²) in [6.07, 6.45) is 1.92. The predicted molar refractivity (Wildman–Crippen MR) is 74.9 cm³/mol. The fraction of sp³-hybridized carbons (Fsp3) is 0.769. The van der Waals surface area contributed by atoms with Crippen LogP contribution in [0.1, 0.15) is 26.2 Å². The molecule has 21 heavy (non-hydrogen) atoms. The van der Waals surface area contributed by atoms with Gasteiger partial charge in [0.1, 0.15) is 12.1 Å². The Morgan fingerprint density at radius 2 is 2.14 bits per heavy atom. The van der Waals surface area contributed by atoms with Crippen molar-refractivity contribution in [1.82, 2.24) is 15.5 Å². The summed E-state index contributed by atoms with van der Waals surface area (Å²) in [5, 5.41) is 14.1. The van der Waals surface area contributed by atoms with Crippen LogP contribution in [0.25, 0.3) is 0 Å². The summed E-state index contributed by atoms with van der Waals surface area (Å²) in [4.78, 5) is 36.4. The van der Waals surface area contributed by atoms with Crippen molar-refractivity contribution in [2.75, 3.05) is 26.8 Å². The molecule has 0 aliphatic carbocycles. The van der Waals surface area contributed by atoms with Crippen molar-refractivity contribution in [1.29, 1.82) is 0 Å². The average Bonchev–Trinajstić information content (AvgIpc) is 2.50. The molecule has 1 rings (SSSR count). The van der Waals surface area contributed by atoms with Gasteiger partial charge < -0.3 is 25.4 Å². The number of nitrogens with zero attached hydrogens (tertiary/aromatic N) is 1. The lowest BCUT2D eigenvalue weighted by molar-refractivity contribution is -0.139. The van der Waals surface area contributed by atoms with Crippen molar-refractivity contribution in [3.8, 4) is 0 Å². The molecule has 3 N–H and O–H groups in total. The number of nitrogens with one attached hydrogen (secondary N) is 2. The molecule has 1 aliphatic heterocycles. The fourth-order valence-corrected chi connectivity index (χ4v) is 2.13. The number of rotatable bonds is 6. The second kappa shape index (κ2) is 8.46. The van der Waals surface area contributed by atoms with E-state index in [1.807, 2.05) is 6.92 Å². The Morgan fingerprint density at radius 1 is 1.43 bits per heavy atom. The molecule has 0 aromatic rings. The number of hydrogen-bond acceptors (Lipinski definition) is 4. The molecule has 8 heteroatoms. The first-order chi connectivity index (χ1) is 10.0. The van der Waals surface area contributed by atoms with Crippen molar-refractivity contribution in [2.45, 2.75) is 38.3 Å². The van der Waals surface area contributed by atoms with Crippen LogP contribution in [0.15, 0.2) is 0 Å². The quantitative estimate of drug-likeness (QED) is 0.629. The highest BCUT2D eigenvalue weighted by molar-refractivity contribution is 5.89. The van der Waals surface area contributed by atoms with Crippen LogP contribution in [0.2, 0.25) is 0 Å². The highest BCUT2D eigenvalue weighted by Crippen LogP contribution is 2.09. The second-order valence-electron chi connectivity index (χ2n) is 4.88. The molecule has 1 unspecified atom stereocenters. The number of carboxylic acid groups (broad SMARTS) is 1. The van der Waals surface area contributed by atoms with E-state index < -0.39 is 24.1 Å². The molecule has 0 spiro atoms. The Morgan fingerprint density at radius 3 is 2.71 bits per heavy atom. The van der Waals surface area contributed by atoms with E-state index in [1.54, 1.807) is 0 Å². The van der Waals surface area contributed by atoms with E-state index in [2.05, 4.69) is 10.6 Å². The molecule has 1 fully saturated rings. The van der Waals surface area contributed by atoms with Crippen molar-refractivity contribution in [3.05, 3.63) is 0 Å². The van der Waals surface area contributed by atoms with Crippen molar-refractivity contribution in [2.24, 2.45) is 0 Å². The number of hydrogen-bond donors (Lipinski definition) is 3. The maximum atomic E-state index is 12.2. The number of amides is 3. The van der Waals surface area contributed by atoms with Gasteiger partial charge in [-0.1, -0.05) is 19.8 Å². The third-order valence-electron chi connectivity index (χ3n) is 3.38. The van der Waals surface area contributed by atoms with Gasteiger partial charge in [0.05, 0.1) is 13.2 Å². The molecule has 0 bridgehead atoms. The number of carbonyl (C=O) groups is 3. The van der Waals surface area contributed by atoms with Crippen LogP contribution < -0.4 is 10.6 Å². The van der Waals surface area contributed by atoms with E-state index in [0.29, 0.717) is 19.4 Å². The Bertz CT molecular complexity index is 388. The minimum Gasteiger partial charge on any atom is -0.480 e. The minimum absolute atomic E-state index is 0.111. The molecular weight excluding hydrogens is 278 g/mol. The molecule has 3 amide bonds. The van der Waals surface area contributed by atoms with Gasteiger partial charge in [0.2, 0.25) is 5.91 Å². The summed E-state index contributed by atoms with van der Waals surface area (Å²) in [5.41, 5.74) is 0. The molecule has 1 aliphatic rings. The van der Waals surface area contributed by atoms with Crippen molar-refractivity contribution in [3.63, 3.8) is 0 Å². The Labute approximate surface area is 123 Å². The molecule has 8 nitrogen and oxygen atoms in total. The van der Waals surface area contributed by atoms with Crippen LogP contribution in [-0.2, 0) is 14.3 Å². The summed E-state index contributed by atoms with van der Waals surface area (Å²) in [6.45, 7) is 2.64. The summed E-state index contributed by atoms with van der Waals surface area (Å²) in [5.74, 6) is -1.40. The molecule has 0 radical (unpaired) electrons. The molecule has 2 atom stereocenters. The summed E-state index contributed by atoms with van der Waals surface area (Å²) in [7, 11) is 1.48. The molecule has 1 heterocycles. The monoisotopic (exact) mass is 301 g/mol. The van der Waals surface area contributed by atoms with Crippen LogP contribution in [0.4, 0.5) is 4.79 Å². The lowest BCUT2D eigenvalue weighted by Crippen LogP contribution is -2.59. The average molecular weight is 301 g/mol. The van der Waals surface area contributed by atoms with Crippen LogP contribution >= 0.6 is 0 Å². The number of ether oxygens (including phenoxy) is 1. The molecule has 1 saturated heterocycles. The molecule has 0 saturated carbocycles. The van der Waals surface area contributed by atoms with E-state index in [9.17, 15) is 14.4 Å². The predicted octanol–water partition coefficient (Wildman–Crippen LogP) is -0.214. The first kappa shape index (κ1) is 17.2. The Balaban J connectivity index is 2.69. The number of likely N-dealkylation sites (N-methyl/N-ethyl adjacent to an activating group) is 1. The molecule has 120 valence electrons. The van der Waals surface area contributed by atoms with Gasteiger partial charge in [0, 0.05) is 13.6 Å². The highest BCUT2D eigenvalue weighted by Gasteiger charge is 2.33. The SMILES string of the molecule is CCCC[C@H](NC(=O)N1CCOCC1C(=O)NC)C(=O)O. The highest BCUT2D eigenvalue weighted by atomic mass is 16.5. The van der Waals surface area contributed by atoms with Gasteiger partial charge in [-0.3, -0.25) is 4.79 Å². The van der Waals surface area contributed by atoms with Crippen LogP contribution in [0, 0.1) is 0 Å². The number of morpholine rings is 1. The summed E-state index contributed by atoms with van der Waals surface area (Å²) < 4.78 is 5.20. The third kappa shape index (κ3) is 4.89. The van der Waals surface area contributed by atoms with E-state index in [-0.39, 0.29) is 19.1 Å². The number of aliphatic carboxylic acids is 1. The van der Waals surface area contributed by atoms with Gasteiger partial charge in [-0.2, -0.15) is 0 Å². The first-order valence-electron chi connectivity index (χ1n) is 7.10. The Kier molecular flexibility index (Phi) is 6.93. The van der Waals surface area contributed by atoms with Crippen molar-refractivity contribution < 1.29 is 24.2 Å². The van der Waals surface area contributed by atoms with Gasteiger partial charge in [-0.15, -0.1) is 0 Å². The number of unbranched alkanes of at least 4 members (excludes halogenated alkanes) is 1. The summed E-state index contributed by atoms with van der Waals surface area (Å²) in [6, 6.07) is -2.22. The largest absolute Gasteiger partial charge is 0.480 e. The number of carboxylic acids is 1. The lowest BCUT2D eigenvalue weighted by Gasteiger charge is -2.34. The lowest BCUT2D eigenvalue weighted by atomic mass is 10.1. The zero-order valence-electron chi connectivity index (χ0n) is 12.4. The van der Waals surface area contributed by atoms with Gasteiger partial charge in [0.25, 0.3) is 0 Å². The van der Waals surface area contributed by atoms with E-state index in [1.165, 1.54) is 11.9 Å². The smallest absolute Gasteiger partial charge is 0.326 e. The maximum absolute atomic E-state index is 12.2. The van der Waals surface area contributed by atoms with Crippen LogP contribution in [0.5, 0.6) is 0 Å². The minimum atomic E-state index is -1.07. The van der Waals surface area contributed by atoms with Gasteiger partial charge in [-0.25, -0.2) is 9.59 Å². The second-order valence-corrected chi connectivity index (χ2v) is 4.88. The molecule has 0 aromatic heterocycles. The normalized spacial score (nSPS) is 19.7. The standard InChI is InChI=1S/C13H23N3O5/c1-3-4-5-9(12(18)19)15-13(20)16-6-7-21-8-10(16)11(17)14-2/h9-10H,3-8H2,1-2H3,(H,14,17)(H,15,20)(H,18,19)/t9-,10?/m0/s1. The van der Waals surface area contributed by atoms with E-state index in [4.69, 9.17) is 9.84 Å². The van der Waals surface area contributed by atoms with Crippen molar-refractivity contribution >= 4 is 17.9 Å². The molecular formula is C13H23N3O5.